The van der Waals surface area contributed by atoms with Gasteiger partial charge in [-0.2, -0.15) is 0 Å². The summed E-state index contributed by atoms with van der Waals surface area (Å²) in [4.78, 5) is 10.5. The molecule has 0 bridgehead atoms. The smallest absolute Gasteiger partial charge is 0.303 e. The van der Waals surface area contributed by atoms with E-state index >= 15 is 0 Å². The number of hydrogen-bond donors (Lipinski definition) is 4. The molecule has 0 aromatic heterocycles. The number of carboxylic acid groups (broad SMARTS) is 1. The van der Waals surface area contributed by atoms with Crippen molar-refractivity contribution in [3.8, 4) is 0 Å². The van der Waals surface area contributed by atoms with Crippen molar-refractivity contribution in [2.24, 2.45) is 0 Å². The van der Waals surface area contributed by atoms with Crippen LogP contribution < -0.4 is 0 Å². The number of rotatable bonds is 13. The third-order valence-electron chi connectivity index (χ3n) is 4.45. The summed E-state index contributed by atoms with van der Waals surface area (Å²) < 4.78 is 5.67. The van der Waals surface area contributed by atoms with Crippen LogP contribution in [0.1, 0.15) is 51.9 Å². The molecule has 0 aromatic carbocycles. The van der Waals surface area contributed by atoms with Crippen molar-refractivity contribution in [3.05, 3.63) is 48.6 Å². The lowest BCUT2D eigenvalue weighted by Gasteiger charge is -2.16. The van der Waals surface area contributed by atoms with Crippen LogP contribution >= 0.6 is 0 Å². The Hall–Kier alpha value is -1.73. The van der Waals surface area contributed by atoms with E-state index in [0.29, 0.717) is 12.8 Å². The highest BCUT2D eigenvalue weighted by molar-refractivity contribution is 5.66. The van der Waals surface area contributed by atoms with E-state index in [1.807, 2.05) is 12.2 Å². The Balaban J connectivity index is 2.31. The van der Waals surface area contributed by atoms with E-state index in [4.69, 9.17) is 9.84 Å². The zero-order valence-corrected chi connectivity index (χ0v) is 16.6. The molecule has 6 heteroatoms. The topological polar surface area (TPSA) is 107 Å². The Kier molecular flexibility index (Phi) is 12.4. The fraction of sp³-hybridized carbons (Fsp3) is 0.591. The molecule has 0 amide bonds. The van der Waals surface area contributed by atoms with Gasteiger partial charge in [0.25, 0.3) is 0 Å². The first-order chi connectivity index (χ1) is 13.4. The second-order valence-electron chi connectivity index (χ2n) is 6.92. The second kappa shape index (κ2) is 14.3. The third kappa shape index (κ3) is 10.6. The van der Waals surface area contributed by atoms with Crippen molar-refractivity contribution < 1.29 is 30.0 Å². The van der Waals surface area contributed by atoms with Gasteiger partial charge in [0.15, 0.2) is 0 Å². The van der Waals surface area contributed by atoms with Crippen LogP contribution in [0.4, 0.5) is 0 Å². The Morgan fingerprint density at radius 3 is 2.39 bits per heavy atom. The number of hydrogen-bond acceptors (Lipinski definition) is 5. The molecule has 0 aromatic rings. The maximum absolute atomic E-state index is 10.5. The lowest BCUT2D eigenvalue weighted by molar-refractivity contribution is -0.137. The van der Waals surface area contributed by atoms with Crippen molar-refractivity contribution in [2.75, 3.05) is 0 Å². The van der Waals surface area contributed by atoms with Crippen LogP contribution in [-0.2, 0) is 9.53 Å². The minimum atomic E-state index is -0.968. The first-order valence-corrected chi connectivity index (χ1v) is 9.98. The molecule has 1 rings (SSSR count). The zero-order chi connectivity index (χ0) is 20.8. The maximum atomic E-state index is 10.5. The molecule has 1 fully saturated rings. The Labute approximate surface area is 167 Å². The molecule has 0 saturated carbocycles. The molecule has 4 N–H and O–H groups in total. The molecule has 1 aliphatic rings. The predicted octanol–water partition coefficient (Wildman–Crippen LogP) is 2.90. The average molecular weight is 395 g/mol. The van der Waals surface area contributed by atoms with Gasteiger partial charge in [0.2, 0.25) is 0 Å². The Bertz CT molecular complexity index is 551. The van der Waals surface area contributed by atoms with Crippen LogP contribution in [0.25, 0.3) is 0 Å². The maximum Gasteiger partial charge on any atom is 0.303 e. The molecular formula is C22H34O6. The van der Waals surface area contributed by atoms with Gasteiger partial charge in [-0.05, 0) is 32.1 Å². The predicted molar refractivity (Wildman–Crippen MR) is 109 cm³/mol. The lowest BCUT2D eigenvalue weighted by atomic mass is 10.0. The normalized spacial score (nSPS) is 25.5. The number of aliphatic hydroxyl groups excluding tert-OH is 3. The van der Waals surface area contributed by atoms with Crippen LogP contribution in [0.15, 0.2) is 48.6 Å². The van der Waals surface area contributed by atoms with Crippen LogP contribution in [0.2, 0.25) is 0 Å². The minimum Gasteiger partial charge on any atom is -0.481 e. The molecule has 158 valence electrons. The summed E-state index contributed by atoms with van der Waals surface area (Å²) in [7, 11) is 0. The Morgan fingerprint density at radius 2 is 1.75 bits per heavy atom. The second-order valence-corrected chi connectivity index (χ2v) is 6.92. The summed E-state index contributed by atoms with van der Waals surface area (Å²) in [6.07, 6.45) is 15.4. The fourth-order valence-corrected chi connectivity index (χ4v) is 2.84. The van der Waals surface area contributed by atoms with Crippen LogP contribution in [0, 0.1) is 0 Å². The largest absolute Gasteiger partial charge is 0.481 e. The number of carboxylic acids is 1. The summed E-state index contributed by atoms with van der Waals surface area (Å²) >= 11 is 0. The number of allylic oxidation sites excluding steroid dienone is 5. The minimum absolute atomic E-state index is 0.106. The summed E-state index contributed by atoms with van der Waals surface area (Å²) in [6.45, 7) is 2.10. The van der Waals surface area contributed by atoms with Gasteiger partial charge in [-0.3, -0.25) is 4.79 Å². The molecular weight excluding hydrogens is 360 g/mol. The average Bonchev–Trinajstić information content (AvgIpc) is 3.04. The standard InChI is InChI=1S/C22H34O6/c1-2-3-4-5-6-7-8-9-10-11-18(24)21-16-19(25)20(28-21)14-12-17(23)13-15-22(26)27/h3-4,6-7,9-10,12,14,17-21,23-25H,2,5,8,11,13,15-16H2,1H3,(H,26,27)/b4-3-,7-6-,10-9-,14-12+/t17-,18-,19-,20+,21-/m0/s1. The van der Waals surface area contributed by atoms with Crippen LogP contribution in [0.3, 0.4) is 0 Å². The number of aliphatic carboxylic acids is 1. The Morgan fingerprint density at radius 1 is 1.11 bits per heavy atom. The monoisotopic (exact) mass is 394 g/mol. The molecule has 0 aliphatic carbocycles. The highest BCUT2D eigenvalue weighted by Gasteiger charge is 2.35. The number of carbonyl (C=O) groups is 1. The quantitative estimate of drug-likeness (QED) is 0.358. The van der Waals surface area contributed by atoms with Crippen molar-refractivity contribution in [3.63, 3.8) is 0 Å². The van der Waals surface area contributed by atoms with Crippen molar-refractivity contribution >= 4 is 5.97 Å². The van der Waals surface area contributed by atoms with E-state index in [1.165, 1.54) is 12.2 Å². The molecule has 6 nitrogen and oxygen atoms in total. The van der Waals surface area contributed by atoms with Gasteiger partial charge in [0.05, 0.1) is 24.4 Å². The van der Waals surface area contributed by atoms with Gasteiger partial charge in [-0.25, -0.2) is 0 Å². The SMILES string of the molecule is CC/C=C\C/C=C\C/C=C\C[C@H](O)[C@@H]1C[C@H](O)[C@@H](/C=C/[C@H](O)CCC(=O)O)O1. The van der Waals surface area contributed by atoms with E-state index in [9.17, 15) is 20.1 Å². The highest BCUT2D eigenvalue weighted by Crippen LogP contribution is 2.25. The number of aliphatic hydroxyl groups is 3. The summed E-state index contributed by atoms with van der Waals surface area (Å²) in [5.41, 5.74) is 0. The van der Waals surface area contributed by atoms with Crippen molar-refractivity contribution in [2.45, 2.75) is 82.4 Å². The molecule has 28 heavy (non-hydrogen) atoms. The van der Waals surface area contributed by atoms with Crippen LogP contribution in [0.5, 0.6) is 0 Å². The van der Waals surface area contributed by atoms with E-state index in [2.05, 4.69) is 31.2 Å². The van der Waals surface area contributed by atoms with E-state index < -0.39 is 36.5 Å². The van der Waals surface area contributed by atoms with E-state index in [-0.39, 0.29) is 12.8 Å². The first-order valence-electron chi connectivity index (χ1n) is 9.98. The van der Waals surface area contributed by atoms with Gasteiger partial charge >= 0.3 is 5.97 Å². The third-order valence-corrected chi connectivity index (χ3v) is 4.45. The fourth-order valence-electron chi connectivity index (χ4n) is 2.84. The highest BCUT2D eigenvalue weighted by atomic mass is 16.5. The molecule has 5 atom stereocenters. The molecule has 1 heterocycles. The van der Waals surface area contributed by atoms with Gasteiger partial charge < -0.3 is 25.2 Å². The lowest BCUT2D eigenvalue weighted by Crippen LogP contribution is -2.25. The summed E-state index contributed by atoms with van der Waals surface area (Å²) in [5, 5.41) is 38.6. The summed E-state index contributed by atoms with van der Waals surface area (Å²) in [6, 6.07) is 0. The zero-order valence-electron chi connectivity index (χ0n) is 16.6. The van der Waals surface area contributed by atoms with E-state index in [1.54, 1.807) is 0 Å². The first kappa shape index (κ1) is 24.3. The van der Waals surface area contributed by atoms with E-state index in [0.717, 1.165) is 19.3 Å². The molecule has 0 unspecified atom stereocenters. The van der Waals surface area contributed by atoms with Crippen molar-refractivity contribution in [1.82, 2.24) is 0 Å². The summed E-state index contributed by atoms with van der Waals surface area (Å²) in [5.74, 6) is -0.968. The molecule has 0 spiro atoms. The van der Waals surface area contributed by atoms with Gasteiger partial charge in [0.1, 0.15) is 6.10 Å². The number of ether oxygens (including phenoxy) is 1. The molecule has 0 radical (unpaired) electrons. The van der Waals surface area contributed by atoms with Gasteiger partial charge in [0, 0.05) is 12.8 Å². The van der Waals surface area contributed by atoms with Crippen molar-refractivity contribution in [1.29, 1.82) is 0 Å². The molecule has 1 aliphatic heterocycles. The van der Waals surface area contributed by atoms with Gasteiger partial charge in [-0.15, -0.1) is 0 Å². The van der Waals surface area contributed by atoms with Crippen LogP contribution in [-0.4, -0.2) is 56.9 Å². The molecule has 1 saturated heterocycles. The van der Waals surface area contributed by atoms with Gasteiger partial charge in [-0.1, -0.05) is 55.5 Å².